The molecule has 1 saturated heterocycles. The molecule has 118 valence electrons. The van der Waals surface area contributed by atoms with Gasteiger partial charge in [-0.05, 0) is 37.0 Å². The van der Waals surface area contributed by atoms with Gasteiger partial charge in [0.05, 0.1) is 0 Å². The van der Waals surface area contributed by atoms with Crippen molar-refractivity contribution >= 4 is 12.0 Å². The topological polar surface area (TPSA) is 87.7 Å². The fourth-order valence-corrected chi connectivity index (χ4v) is 2.90. The lowest BCUT2D eigenvalue weighted by molar-refractivity contribution is 0.0696. The van der Waals surface area contributed by atoms with E-state index < -0.39 is 6.09 Å². The van der Waals surface area contributed by atoms with Crippen LogP contribution in [-0.2, 0) is 4.74 Å². The van der Waals surface area contributed by atoms with Crippen molar-refractivity contribution in [1.29, 1.82) is 0 Å². The van der Waals surface area contributed by atoms with E-state index in [4.69, 9.17) is 9.84 Å². The summed E-state index contributed by atoms with van der Waals surface area (Å²) < 4.78 is 5.28. The number of carboxylic acid groups (broad SMARTS) is 1. The Hall–Kier alpha value is -2.08. The minimum absolute atomic E-state index is 0.0358. The van der Waals surface area contributed by atoms with Gasteiger partial charge >= 0.3 is 6.09 Å². The molecule has 0 radical (unpaired) electrons. The third-order valence-corrected chi connectivity index (χ3v) is 4.23. The minimum Gasteiger partial charge on any atom is -0.465 e. The molecule has 2 amide bonds. The van der Waals surface area contributed by atoms with Crippen molar-refractivity contribution in [1.82, 2.24) is 10.6 Å². The molecule has 2 atom stereocenters. The Kier molecular flexibility index (Phi) is 4.29. The molecule has 1 aromatic carbocycles. The van der Waals surface area contributed by atoms with Gasteiger partial charge in [-0.1, -0.05) is 12.1 Å². The van der Waals surface area contributed by atoms with Gasteiger partial charge in [0.2, 0.25) is 0 Å². The van der Waals surface area contributed by atoms with Gasteiger partial charge < -0.3 is 20.5 Å². The van der Waals surface area contributed by atoms with Crippen LogP contribution in [0, 0.1) is 0 Å². The number of rotatable bonds is 4. The number of hydrogen-bond acceptors (Lipinski definition) is 3. The van der Waals surface area contributed by atoms with Crippen LogP contribution in [0.1, 0.15) is 41.1 Å². The first-order valence-corrected chi connectivity index (χ1v) is 7.61. The van der Waals surface area contributed by atoms with E-state index in [1.165, 1.54) is 0 Å². The van der Waals surface area contributed by atoms with Crippen LogP contribution < -0.4 is 10.6 Å². The Bertz CT molecular complexity index is 569. The largest absolute Gasteiger partial charge is 0.465 e. The number of hydrogen-bond donors (Lipinski definition) is 3. The molecule has 6 nitrogen and oxygen atoms in total. The predicted molar refractivity (Wildman–Crippen MR) is 80.1 cm³/mol. The van der Waals surface area contributed by atoms with Crippen LogP contribution in [0.15, 0.2) is 24.3 Å². The van der Waals surface area contributed by atoms with E-state index in [0.717, 1.165) is 24.8 Å². The molecule has 22 heavy (non-hydrogen) atoms. The molecule has 0 aromatic heterocycles. The normalized spacial score (nSPS) is 24.5. The summed E-state index contributed by atoms with van der Waals surface area (Å²) in [4.78, 5) is 22.9. The first-order chi connectivity index (χ1) is 10.6. The standard InChI is InChI=1S/C16H20N2O4/c19-15(17-12-4-6-22-7-5-12)11-3-1-2-10(8-11)13-9-14(13)18-16(20)21/h1-3,8,12-14,18H,4-7,9H2,(H,17,19)(H,20,21). The smallest absolute Gasteiger partial charge is 0.404 e. The van der Waals surface area contributed by atoms with E-state index >= 15 is 0 Å². The van der Waals surface area contributed by atoms with E-state index in [0.29, 0.717) is 18.8 Å². The van der Waals surface area contributed by atoms with Crippen LogP contribution in [0.4, 0.5) is 4.79 Å². The summed E-state index contributed by atoms with van der Waals surface area (Å²) in [5.41, 5.74) is 1.64. The highest BCUT2D eigenvalue weighted by Gasteiger charge is 2.39. The van der Waals surface area contributed by atoms with Crippen LogP contribution in [0.5, 0.6) is 0 Å². The van der Waals surface area contributed by atoms with Crippen LogP contribution in [0.2, 0.25) is 0 Å². The van der Waals surface area contributed by atoms with Crippen molar-refractivity contribution in [3.63, 3.8) is 0 Å². The predicted octanol–water partition coefficient (Wildman–Crippen LogP) is 1.72. The van der Waals surface area contributed by atoms with Crippen molar-refractivity contribution in [2.75, 3.05) is 13.2 Å². The molecule has 0 spiro atoms. The number of carbonyl (C=O) groups excluding carboxylic acids is 1. The average Bonchev–Trinajstić information content (AvgIpc) is 3.27. The highest BCUT2D eigenvalue weighted by atomic mass is 16.5. The van der Waals surface area contributed by atoms with Gasteiger partial charge in [0.1, 0.15) is 0 Å². The maximum Gasteiger partial charge on any atom is 0.404 e. The van der Waals surface area contributed by atoms with Crippen LogP contribution in [0.25, 0.3) is 0 Å². The van der Waals surface area contributed by atoms with E-state index in [2.05, 4.69) is 10.6 Å². The van der Waals surface area contributed by atoms with E-state index in [1.807, 2.05) is 18.2 Å². The second-order valence-electron chi connectivity index (χ2n) is 5.88. The number of ether oxygens (including phenoxy) is 1. The Balaban J connectivity index is 1.61. The molecular weight excluding hydrogens is 284 g/mol. The van der Waals surface area contributed by atoms with Gasteiger partial charge in [-0.2, -0.15) is 0 Å². The molecule has 1 aromatic rings. The Labute approximate surface area is 128 Å². The van der Waals surface area contributed by atoms with Crippen molar-refractivity contribution < 1.29 is 19.4 Å². The molecular formula is C16H20N2O4. The molecule has 1 aliphatic carbocycles. The molecule has 2 unspecified atom stereocenters. The summed E-state index contributed by atoms with van der Waals surface area (Å²) in [6.07, 6.45) is 1.48. The Morgan fingerprint density at radius 1 is 1.18 bits per heavy atom. The number of carbonyl (C=O) groups is 2. The number of nitrogens with one attached hydrogen (secondary N) is 2. The van der Waals surface area contributed by atoms with Gasteiger partial charge in [0.15, 0.2) is 0 Å². The summed E-state index contributed by atoms with van der Waals surface area (Å²) in [7, 11) is 0. The van der Waals surface area contributed by atoms with Gasteiger partial charge in [-0.15, -0.1) is 0 Å². The summed E-state index contributed by atoms with van der Waals surface area (Å²) >= 11 is 0. The molecule has 1 heterocycles. The minimum atomic E-state index is -0.999. The maximum absolute atomic E-state index is 12.3. The molecule has 6 heteroatoms. The second-order valence-corrected chi connectivity index (χ2v) is 5.88. The third kappa shape index (κ3) is 3.57. The number of amides is 2. The molecule has 3 rings (SSSR count). The highest BCUT2D eigenvalue weighted by molar-refractivity contribution is 5.94. The van der Waals surface area contributed by atoms with Crippen molar-refractivity contribution in [2.24, 2.45) is 0 Å². The lowest BCUT2D eigenvalue weighted by atomic mass is 10.0. The van der Waals surface area contributed by atoms with Gasteiger partial charge in [-0.3, -0.25) is 4.79 Å². The molecule has 1 saturated carbocycles. The maximum atomic E-state index is 12.3. The van der Waals surface area contributed by atoms with Crippen molar-refractivity contribution in [3.05, 3.63) is 35.4 Å². The van der Waals surface area contributed by atoms with Crippen molar-refractivity contribution in [2.45, 2.75) is 37.3 Å². The lowest BCUT2D eigenvalue weighted by Crippen LogP contribution is -2.38. The first kappa shape index (κ1) is 14.8. The summed E-state index contributed by atoms with van der Waals surface area (Å²) in [5, 5.41) is 14.2. The summed E-state index contributed by atoms with van der Waals surface area (Å²) in [6, 6.07) is 7.59. The molecule has 2 fully saturated rings. The van der Waals surface area contributed by atoms with Gasteiger partial charge in [0, 0.05) is 36.8 Å². The lowest BCUT2D eigenvalue weighted by Gasteiger charge is -2.23. The fraction of sp³-hybridized carbons (Fsp3) is 0.500. The monoisotopic (exact) mass is 304 g/mol. The van der Waals surface area contributed by atoms with Gasteiger partial charge in [0.25, 0.3) is 5.91 Å². The SMILES string of the molecule is O=C(O)NC1CC1c1cccc(C(=O)NC2CCOCC2)c1. The van der Waals surface area contributed by atoms with Gasteiger partial charge in [-0.25, -0.2) is 4.79 Å². The zero-order valence-corrected chi connectivity index (χ0v) is 12.2. The highest BCUT2D eigenvalue weighted by Crippen LogP contribution is 2.40. The Morgan fingerprint density at radius 3 is 2.68 bits per heavy atom. The second kappa shape index (κ2) is 6.36. The third-order valence-electron chi connectivity index (χ3n) is 4.23. The van der Waals surface area contributed by atoms with E-state index in [1.54, 1.807) is 6.07 Å². The first-order valence-electron chi connectivity index (χ1n) is 7.61. The van der Waals surface area contributed by atoms with E-state index in [9.17, 15) is 9.59 Å². The van der Waals surface area contributed by atoms with E-state index in [-0.39, 0.29) is 23.9 Å². The molecule has 3 N–H and O–H groups in total. The van der Waals surface area contributed by atoms with Crippen molar-refractivity contribution in [3.8, 4) is 0 Å². The summed E-state index contributed by atoms with van der Waals surface area (Å²) in [5.74, 6) is 0.101. The molecule has 0 bridgehead atoms. The number of benzene rings is 1. The average molecular weight is 304 g/mol. The fourth-order valence-electron chi connectivity index (χ4n) is 2.90. The van der Waals surface area contributed by atoms with Crippen LogP contribution >= 0.6 is 0 Å². The van der Waals surface area contributed by atoms with Crippen LogP contribution in [-0.4, -0.2) is 42.4 Å². The zero-order valence-electron chi connectivity index (χ0n) is 12.2. The quantitative estimate of drug-likeness (QED) is 0.790. The Morgan fingerprint density at radius 2 is 1.95 bits per heavy atom. The molecule has 2 aliphatic rings. The summed E-state index contributed by atoms with van der Waals surface area (Å²) in [6.45, 7) is 1.38. The zero-order chi connectivity index (χ0) is 15.5. The van der Waals surface area contributed by atoms with Crippen LogP contribution in [0.3, 0.4) is 0 Å². The molecule has 1 aliphatic heterocycles.